The minimum Gasteiger partial charge on any atom is -0.381 e. The van der Waals surface area contributed by atoms with E-state index in [-0.39, 0.29) is 37.0 Å². The van der Waals surface area contributed by atoms with Gasteiger partial charge in [0, 0.05) is 12.5 Å². The molecule has 0 aromatic heterocycles. The molecule has 0 aliphatic carbocycles. The summed E-state index contributed by atoms with van der Waals surface area (Å²) in [5.74, 6) is -2.17. The fraction of sp³-hybridized carbons (Fsp3) is 0.229. The molecule has 2 amide bonds. The van der Waals surface area contributed by atoms with E-state index in [4.69, 9.17) is 17.2 Å². The molecule has 0 spiro atoms. The zero-order valence-electron chi connectivity index (χ0n) is 24.9. The second-order valence-electron chi connectivity index (χ2n) is 10.8. The number of amidine groups is 1. The van der Waals surface area contributed by atoms with Crippen molar-refractivity contribution in [2.45, 2.75) is 43.2 Å². The lowest BCUT2D eigenvalue weighted by molar-refractivity contribution is -0.485. The summed E-state index contributed by atoms with van der Waals surface area (Å²) in [6.07, 6.45) is 0.577. The van der Waals surface area contributed by atoms with Crippen molar-refractivity contribution < 1.29 is 14.6 Å². The number of amides is 2. The lowest BCUT2D eigenvalue weighted by atomic mass is 9.86. The predicted octanol–water partition coefficient (Wildman–Crippen LogP) is 4.38. The van der Waals surface area contributed by atoms with Crippen molar-refractivity contribution in [3.63, 3.8) is 0 Å². The quantitative estimate of drug-likeness (QED) is 0.0784. The number of hydrogen-bond acceptors (Lipinski definition) is 5. The second kappa shape index (κ2) is 15.9. The molecule has 45 heavy (non-hydrogen) atoms. The summed E-state index contributed by atoms with van der Waals surface area (Å²) in [7, 11) is 0. The summed E-state index contributed by atoms with van der Waals surface area (Å²) in [6.45, 7) is 0.199. The van der Waals surface area contributed by atoms with Crippen LogP contribution in [0.2, 0.25) is 0 Å². The Kier molecular flexibility index (Phi) is 11.5. The summed E-state index contributed by atoms with van der Waals surface area (Å²) < 4.78 is 0. The summed E-state index contributed by atoms with van der Waals surface area (Å²) in [5, 5.41) is 13.0. The van der Waals surface area contributed by atoms with Gasteiger partial charge in [0.2, 0.25) is 11.8 Å². The molecule has 4 rings (SSSR count). The zero-order valence-corrected chi connectivity index (χ0v) is 24.9. The van der Waals surface area contributed by atoms with Crippen LogP contribution in [-0.4, -0.2) is 46.2 Å². The first-order chi connectivity index (χ1) is 21.8. The number of hydrazone groups is 1. The Balaban J connectivity index is 1.74. The lowest BCUT2D eigenvalue weighted by Crippen LogP contribution is -2.51. The number of carbonyl (C=O) groups is 2. The number of primary amides is 1. The van der Waals surface area contributed by atoms with Gasteiger partial charge in [0.05, 0.1) is 17.1 Å². The molecule has 10 nitrogen and oxygen atoms in total. The van der Waals surface area contributed by atoms with Gasteiger partial charge >= 0.3 is 0 Å². The molecular formula is C35H38N6O4. The molecule has 0 aliphatic heterocycles. The molecule has 6 N–H and O–H groups in total. The average Bonchev–Trinajstić information content (AvgIpc) is 3.05. The molecule has 0 saturated heterocycles. The Labute approximate surface area is 262 Å². The minimum absolute atomic E-state index is 0.0355. The Morgan fingerprint density at radius 1 is 0.689 bits per heavy atom. The van der Waals surface area contributed by atoms with Gasteiger partial charge in [0.1, 0.15) is 6.04 Å². The molecule has 0 fully saturated rings. The van der Waals surface area contributed by atoms with Gasteiger partial charge in [-0.1, -0.05) is 121 Å². The highest BCUT2D eigenvalue weighted by molar-refractivity contribution is 5.92. The van der Waals surface area contributed by atoms with Crippen LogP contribution in [0.25, 0.3) is 0 Å². The van der Waals surface area contributed by atoms with Crippen LogP contribution in [0.15, 0.2) is 126 Å². The first-order valence-corrected chi connectivity index (χ1v) is 14.8. The molecule has 1 unspecified atom stereocenters. The third kappa shape index (κ3) is 8.84. The van der Waals surface area contributed by atoms with Crippen LogP contribution < -0.4 is 17.2 Å². The van der Waals surface area contributed by atoms with Crippen molar-refractivity contribution in [3.8, 4) is 0 Å². The zero-order chi connectivity index (χ0) is 32.2. The van der Waals surface area contributed by atoms with Gasteiger partial charge in [-0.05, 0) is 41.5 Å². The Bertz CT molecular complexity index is 1490. The molecule has 4 aromatic carbocycles. The van der Waals surface area contributed by atoms with Gasteiger partial charge in [0.15, 0.2) is 10.9 Å². The molecule has 4 aromatic rings. The van der Waals surface area contributed by atoms with Crippen LogP contribution in [0.4, 0.5) is 0 Å². The van der Waals surface area contributed by atoms with Gasteiger partial charge in [-0.3, -0.25) is 9.59 Å². The van der Waals surface area contributed by atoms with Crippen molar-refractivity contribution in [1.82, 2.24) is 4.90 Å². The van der Waals surface area contributed by atoms with E-state index in [0.717, 1.165) is 22.3 Å². The van der Waals surface area contributed by atoms with Crippen LogP contribution in [0.5, 0.6) is 0 Å². The highest BCUT2D eigenvalue weighted by Gasteiger charge is 2.35. The van der Waals surface area contributed by atoms with Crippen LogP contribution in [-0.2, 0) is 9.59 Å². The minimum atomic E-state index is -1.06. The molecule has 232 valence electrons. The Morgan fingerprint density at radius 2 is 1.11 bits per heavy atom. The Morgan fingerprint density at radius 3 is 1.51 bits per heavy atom. The number of nitrogens with two attached hydrogens (primary N) is 3. The van der Waals surface area contributed by atoms with Crippen molar-refractivity contribution in [2.24, 2.45) is 22.3 Å². The molecule has 0 bridgehead atoms. The summed E-state index contributed by atoms with van der Waals surface area (Å²) >= 11 is 0. The van der Waals surface area contributed by atoms with Gasteiger partial charge in [-0.15, -0.1) is 0 Å². The molecule has 0 heterocycles. The smallest absolute Gasteiger partial charge is 0.240 e. The summed E-state index contributed by atoms with van der Waals surface area (Å²) in [5.41, 5.74) is 21.5. The lowest BCUT2D eigenvalue weighted by Gasteiger charge is -2.35. The molecule has 0 radical (unpaired) electrons. The van der Waals surface area contributed by atoms with Gasteiger partial charge in [-0.25, -0.2) is 10.1 Å². The van der Waals surface area contributed by atoms with Gasteiger partial charge in [-0.2, -0.15) is 0 Å². The van der Waals surface area contributed by atoms with Crippen molar-refractivity contribution >= 4 is 17.6 Å². The number of nitro groups is 1. The fourth-order valence-electron chi connectivity index (χ4n) is 5.62. The van der Waals surface area contributed by atoms with Crippen molar-refractivity contribution in [3.05, 3.63) is 154 Å². The molecular weight excluding hydrogens is 568 g/mol. The van der Waals surface area contributed by atoms with Crippen LogP contribution in [0, 0.1) is 10.1 Å². The summed E-state index contributed by atoms with van der Waals surface area (Å²) in [6, 6.07) is 36.7. The predicted molar refractivity (Wildman–Crippen MR) is 175 cm³/mol. The van der Waals surface area contributed by atoms with E-state index in [2.05, 4.69) is 5.10 Å². The first kappa shape index (κ1) is 32.6. The monoisotopic (exact) mass is 606 g/mol. The van der Waals surface area contributed by atoms with Crippen LogP contribution in [0.1, 0.15) is 53.4 Å². The standard InChI is InChI=1S/C35H38N6O4/c36-30(33(37)39-41(44)45)21-22-31(34(38)42)40(24-23-29(25-13-5-1-6-14-25)26-15-7-2-8-16-26)35(43)32(27-17-9-3-10-18-27)28-19-11-4-12-20-28/h1-20,29-32H,21-24,36H2,(H2,37,39)(H2,38,42)/t30?,31-/m0/s1. The second-order valence-corrected chi connectivity index (χ2v) is 10.8. The van der Waals surface area contributed by atoms with E-state index in [1.165, 1.54) is 0 Å². The average molecular weight is 607 g/mol. The number of rotatable bonds is 15. The number of nitrogens with zero attached hydrogens (tertiary/aromatic N) is 3. The van der Waals surface area contributed by atoms with Crippen LogP contribution in [0.3, 0.4) is 0 Å². The molecule has 0 aliphatic rings. The molecule has 10 heteroatoms. The van der Waals surface area contributed by atoms with E-state index < -0.39 is 28.9 Å². The maximum absolute atomic E-state index is 14.7. The maximum Gasteiger partial charge on any atom is 0.240 e. The topological polar surface area (TPSA) is 171 Å². The first-order valence-electron chi connectivity index (χ1n) is 14.8. The van der Waals surface area contributed by atoms with E-state index in [0.29, 0.717) is 6.42 Å². The van der Waals surface area contributed by atoms with E-state index in [9.17, 15) is 19.7 Å². The Hall–Kier alpha value is -5.35. The van der Waals surface area contributed by atoms with Crippen molar-refractivity contribution in [2.75, 3.05) is 6.54 Å². The fourth-order valence-corrected chi connectivity index (χ4v) is 5.62. The number of benzene rings is 4. The van der Waals surface area contributed by atoms with E-state index >= 15 is 0 Å². The van der Waals surface area contributed by atoms with Crippen LogP contribution >= 0.6 is 0 Å². The highest BCUT2D eigenvalue weighted by atomic mass is 16.7. The van der Waals surface area contributed by atoms with Gasteiger partial charge in [0.25, 0.3) is 0 Å². The molecule has 2 atom stereocenters. The summed E-state index contributed by atoms with van der Waals surface area (Å²) in [4.78, 5) is 40.2. The largest absolute Gasteiger partial charge is 0.381 e. The SMILES string of the molecule is NC(=O)[C@H](CCC(N)C(N)=N[N+](=O)[O-])N(CCC(c1ccccc1)c1ccccc1)C(=O)C(c1ccccc1)c1ccccc1. The number of hydrogen-bond donors (Lipinski definition) is 3. The highest BCUT2D eigenvalue weighted by Crippen LogP contribution is 2.32. The third-order valence-electron chi connectivity index (χ3n) is 7.89. The molecule has 0 saturated carbocycles. The normalized spacial score (nSPS) is 12.9. The van der Waals surface area contributed by atoms with E-state index in [1.807, 2.05) is 121 Å². The van der Waals surface area contributed by atoms with Crippen molar-refractivity contribution in [1.29, 1.82) is 0 Å². The number of carbonyl (C=O) groups excluding carboxylic acids is 2. The maximum atomic E-state index is 14.7. The third-order valence-corrected chi connectivity index (χ3v) is 7.89. The van der Waals surface area contributed by atoms with E-state index in [1.54, 1.807) is 4.90 Å². The van der Waals surface area contributed by atoms with Gasteiger partial charge < -0.3 is 22.1 Å².